The first-order valence-electron chi connectivity index (χ1n) is 7.90. The van der Waals surface area contributed by atoms with Crippen LogP contribution in [0.3, 0.4) is 0 Å². The molecule has 1 aromatic rings. The first-order chi connectivity index (χ1) is 9.45. The van der Waals surface area contributed by atoms with Crippen LogP contribution in [0.4, 0.5) is 0 Å². The summed E-state index contributed by atoms with van der Waals surface area (Å²) in [5.41, 5.74) is 2.80. The SMILES string of the molecule is CCCCNCCCOc1ccc(C(C)(C)C)cc1C. The average Bonchev–Trinajstić information content (AvgIpc) is 2.38. The minimum Gasteiger partial charge on any atom is -0.493 e. The normalized spacial score (nSPS) is 11.7. The molecule has 114 valence electrons. The Balaban J connectivity index is 2.34. The summed E-state index contributed by atoms with van der Waals surface area (Å²) in [7, 11) is 0. The van der Waals surface area contributed by atoms with E-state index in [4.69, 9.17) is 4.74 Å². The molecule has 0 bridgehead atoms. The standard InChI is InChI=1S/C18H31NO/c1-6-7-11-19-12-8-13-20-17-10-9-16(14-15(17)2)18(3,4)5/h9-10,14,19H,6-8,11-13H2,1-5H3. The van der Waals surface area contributed by atoms with Crippen molar-refractivity contribution in [2.45, 2.75) is 59.3 Å². The van der Waals surface area contributed by atoms with Gasteiger partial charge >= 0.3 is 0 Å². The van der Waals surface area contributed by atoms with Crippen molar-refractivity contribution in [2.75, 3.05) is 19.7 Å². The highest BCUT2D eigenvalue weighted by Crippen LogP contribution is 2.27. The Hall–Kier alpha value is -1.02. The molecule has 0 aliphatic heterocycles. The zero-order chi connectivity index (χ0) is 15.0. The molecule has 0 atom stereocenters. The lowest BCUT2D eigenvalue weighted by Gasteiger charge is -2.20. The monoisotopic (exact) mass is 277 g/mol. The maximum Gasteiger partial charge on any atom is 0.122 e. The second-order valence-corrected chi connectivity index (χ2v) is 6.54. The summed E-state index contributed by atoms with van der Waals surface area (Å²) >= 11 is 0. The summed E-state index contributed by atoms with van der Waals surface area (Å²) in [5.74, 6) is 1.02. The first kappa shape index (κ1) is 17.0. The molecular weight excluding hydrogens is 246 g/mol. The molecule has 0 aromatic heterocycles. The fourth-order valence-electron chi connectivity index (χ4n) is 2.08. The number of aryl methyl sites for hydroxylation is 1. The van der Waals surface area contributed by atoms with Crippen molar-refractivity contribution in [3.8, 4) is 5.75 Å². The lowest BCUT2D eigenvalue weighted by Crippen LogP contribution is -2.18. The quantitative estimate of drug-likeness (QED) is 0.709. The summed E-state index contributed by atoms with van der Waals surface area (Å²) in [6.45, 7) is 14.0. The number of hydrogen-bond acceptors (Lipinski definition) is 2. The summed E-state index contributed by atoms with van der Waals surface area (Å²) in [6.07, 6.45) is 3.57. The molecule has 0 saturated heterocycles. The van der Waals surface area contributed by atoms with E-state index >= 15 is 0 Å². The van der Waals surface area contributed by atoms with Gasteiger partial charge in [-0.2, -0.15) is 0 Å². The van der Waals surface area contributed by atoms with E-state index in [2.05, 4.69) is 58.1 Å². The van der Waals surface area contributed by atoms with Gasteiger partial charge in [-0.3, -0.25) is 0 Å². The van der Waals surface area contributed by atoms with Gasteiger partial charge in [-0.15, -0.1) is 0 Å². The Morgan fingerprint density at radius 1 is 1.10 bits per heavy atom. The Bertz CT molecular complexity index is 393. The van der Waals surface area contributed by atoms with Crippen LogP contribution in [0.2, 0.25) is 0 Å². The van der Waals surface area contributed by atoms with Crippen molar-refractivity contribution in [3.63, 3.8) is 0 Å². The van der Waals surface area contributed by atoms with Crippen molar-refractivity contribution >= 4 is 0 Å². The van der Waals surface area contributed by atoms with Crippen LogP contribution in [0, 0.1) is 6.92 Å². The molecule has 20 heavy (non-hydrogen) atoms. The molecule has 2 nitrogen and oxygen atoms in total. The number of benzene rings is 1. The van der Waals surface area contributed by atoms with E-state index in [0.29, 0.717) is 0 Å². The van der Waals surface area contributed by atoms with Gasteiger partial charge in [0, 0.05) is 0 Å². The predicted octanol–water partition coefficient (Wildman–Crippen LogP) is 4.45. The highest BCUT2D eigenvalue weighted by atomic mass is 16.5. The van der Waals surface area contributed by atoms with Crippen molar-refractivity contribution in [3.05, 3.63) is 29.3 Å². The smallest absolute Gasteiger partial charge is 0.122 e. The number of nitrogens with one attached hydrogen (secondary N) is 1. The minimum absolute atomic E-state index is 0.201. The van der Waals surface area contributed by atoms with Crippen molar-refractivity contribution in [2.24, 2.45) is 0 Å². The van der Waals surface area contributed by atoms with E-state index in [0.717, 1.165) is 31.9 Å². The van der Waals surface area contributed by atoms with Gasteiger partial charge in [0.05, 0.1) is 6.61 Å². The molecule has 1 N–H and O–H groups in total. The molecule has 0 saturated carbocycles. The minimum atomic E-state index is 0.201. The molecule has 0 aliphatic carbocycles. The lowest BCUT2D eigenvalue weighted by atomic mass is 9.86. The van der Waals surface area contributed by atoms with E-state index in [1.807, 2.05) is 0 Å². The third-order valence-electron chi connectivity index (χ3n) is 3.50. The molecule has 0 aliphatic rings. The van der Waals surface area contributed by atoms with Gasteiger partial charge in [0.1, 0.15) is 5.75 Å². The summed E-state index contributed by atoms with van der Waals surface area (Å²) in [4.78, 5) is 0. The second kappa shape index (κ2) is 8.31. The molecule has 0 unspecified atom stereocenters. The molecule has 0 heterocycles. The third-order valence-corrected chi connectivity index (χ3v) is 3.50. The number of rotatable bonds is 8. The van der Waals surface area contributed by atoms with Crippen LogP contribution in [0.1, 0.15) is 58.1 Å². The average molecular weight is 277 g/mol. The van der Waals surface area contributed by atoms with E-state index in [1.165, 1.54) is 24.0 Å². The zero-order valence-corrected chi connectivity index (χ0v) is 13.9. The maximum absolute atomic E-state index is 5.87. The predicted molar refractivity (Wildman–Crippen MR) is 87.8 cm³/mol. The molecule has 0 amide bonds. The number of unbranched alkanes of at least 4 members (excludes halogenated alkanes) is 1. The van der Waals surface area contributed by atoms with Crippen LogP contribution in [0.15, 0.2) is 18.2 Å². The third kappa shape index (κ3) is 5.96. The largest absolute Gasteiger partial charge is 0.493 e. The van der Waals surface area contributed by atoms with Gasteiger partial charge in [0.2, 0.25) is 0 Å². The molecular formula is C18H31NO. The van der Waals surface area contributed by atoms with Crippen LogP contribution in [0.5, 0.6) is 5.75 Å². The van der Waals surface area contributed by atoms with Gasteiger partial charge in [-0.1, -0.05) is 46.2 Å². The number of hydrogen-bond donors (Lipinski definition) is 1. The molecule has 2 heteroatoms. The van der Waals surface area contributed by atoms with Gasteiger partial charge < -0.3 is 10.1 Å². The van der Waals surface area contributed by atoms with Gasteiger partial charge in [0.25, 0.3) is 0 Å². The second-order valence-electron chi connectivity index (χ2n) is 6.54. The number of ether oxygens (including phenoxy) is 1. The highest BCUT2D eigenvalue weighted by molar-refractivity contribution is 5.38. The van der Waals surface area contributed by atoms with Gasteiger partial charge in [-0.25, -0.2) is 0 Å². The summed E-state index contributed by atoms with van der Waals surface area (Å²) in [5, 5.41) is 3.44. The Kier molecular flexibility index (Phi) is 7.08. The molecule has 0 spiro atoms. The summed E-state index contributed by atoms with van der Waals surface area (Å²) in [6, 6.07) is 6.54. The van der Waals surface area contributed by atoms with Crippen LogP contribution in [0.25, 0.3) is 0 Å². The van der Waals surface area contributed by atoms with E-state index in [-0.39, 0.29) is 5.41 Å². The van der Waals surface area contributed by atoms with Crippen LogP contribution >= 0.6 is 0 Å². The van der Waals surface area contributed by atoms with Crippen molar-refractivity contribution in [1.29, 1.82) is 0 Å². The van der Waals surface area contributed by atoms with Crippen molar-refractivity contribution in [1.82, 2.24) is 5.32 Å². The molecule has 0 fully saturated rings. The molecule has 1 aromatic carbocycles. The first-order valence-corrected chi connectivity index (χ1v) is 7.90. The van der Waals surface area contributed by atoms with Crippen LogP contribution < -0.4 is 10.1 Å². The Morgan fingerprint density at radius 2 is 1.80 bits per heavy atom. The zero-order valence-electron chi connectivity index (χ0n) is 13.9. The van der Waals surface area contributed by atoms with E-state index in [1.54, 1.807) is 0 Å². The molecule has 0 radical (unpaired) electrons. The Labute approximate surface area is 124 Å². The fraction of sp³-hybridized carbons (Fsp3) is 0.667. The van der Waals surface area contributed by atoms with Crippen molar-refractivity contribution < 1.29 is 4.74 Å². The Morgan fingerprint density at radius 3 is 2.40 bits per heavy atom. The molecule has 1 rings (SSSR count). The fourth-order valence-corrected chi connectivity index (χ4v) is 2.08. The van der Waals surface area contributed by atoms with E-state index in [9.17, 15) is 0 Å². The highest BCUT2D eigenvalue weighted by Gasteiger charge is 2.14. The van der Waals surface area contributed by atoms with Gasteiger partial charge in [-0.05, 0) is 55.5 Å². The summed E-state index contributed by atoms with van der Waals surface area (Å²) < 4.78 is 5.87. The maximum atomic E-state index is 5.87. The lowest BCUT2D eigenvalue weighted by molar-refractivity contribution is 0.306. The van der Waals surface area contributed by atoms with E-state index < -0.39 is 0 Å². The van der Waals surface area contributed by atoms with Crippen LogP contribution in [-0.2, 0) is 5.41 Å². The topological polar surface area (TPSA) is 21.3 Å². The van der Waals surface area contributed by atoms with Gasteiger partial charge in [0.15, 0.2) is 0 Å². The van der Waals surface area contributed by atoms with Crippen LogP contribution in [-0.4, -0.2) is 19.7 Å².